The monoisotopic (exact) mass is 262 g/mol. The zero-order chi connectivity index (χ0) is 12.9. The molecular weight excluding hydrogens is 236 g/mol. The highest BCUT2D eigenvalue weighted by atomic mass is 32.2. The number of hydrogen-bond donors (Lipinski definition) is 2. The lowest BCUT2D eigenvalue weighted by molar-refractivity contribution is 0.535. The van der Waals surface area contributed by atoms with E-state index in [1.54, 1.807) is 0 Å². The van der Waals surface area contributed by atoms with Crippen LogP contribution in [0.5, 0.6) is 0 Å². The van der Waals surface area contributed by atoms with E-state index >= 15 is 0 Å². The minimum absolute atomic E-state index is 0.233. The van der Waals surface area contributed by atoms with Crippen molar-refractivity contribution in [3.05, 3.63) is 0 Å². The molecule has 0 aromatic heterocycles. The Hall–Kier alpha value is -0.130. The van der Waals surface area contributed by atoms with Crippen molar-refractivity contribution in [1.82, 2.24) is 10.0 Å². The fraction of sp³-hybridized carbons (Fsp3) is 1.00. The second kappa shape index (κ2) is 6.16. The van der Waals surface area contributed by atoms with Crippen molar-refractivity contribution in [3.8, 4) is 0 Å². The van der Waals surface area contributed by atoms with Crippen LogP contribution >= 0.6 is 0 Å². The van der Waals surface area contributed by atoms with Gasteiger partial charge in [0.1, 0.15) is 0 Å². The number of sulfonamides is 1. The van der Waals surface area contributed by atoms with Crippen LogP contribution in [-0.2, 0) is 10.0 Å². The van der Waals surface area contributed by atoms with Crippen LogP contribution in [0.2, 0.25) is 0 Å². The Balaban J connectivity index is 2.10. The summed E-state index contributed by atoms with van der Waals surface area (Å²) < 4.78 is 26.0. The molecule has 0 amide bonds. The van der Waals surface area contributed by atoms with E-state index in [1.807, 2.05) is 0 Å². The van der Waals surface area contributed by atoms with Gasteiger partial charge in [0.15, 0.2) is 0 Å². The Morgan fingerprint density at radius 3 is 2.47 bits per heavy atom. The first-order valence-corrected chi connectivity index (χ1v) is 8.20. The summed E-state index contributed by atoms with van der Waals surface area (Å²) in [6, 6.07) is 0. The molecule has 1 aliphatic carbocycles. The summed E-state index contributed by atoms with van der Waals surface area (Å²) in [6.45, 7) is 8.81. The van der Waals surface area contributed by atoms with Crippen LogP contribution in [-0.4, -0.2) is 33.8 Å². The summed E-state index contributed by atoms with van der Waals surface area (Å²) in [5.41, 5.74) is 0.338. The third kappa shape index (κ3) is 5.84. The maximum absolute atomic E-state index is 11.7. The zero-order valence-electron chi connectivity index (χ0n) is 11.3. The Bertz CT molecular complexity index is 325. The molecule has 0 aromatic carbocycles. The molecule has 5 heteroatoms. The molecule has 17 heavy (non-hydrogen) atoms. The lowest BCUT2D eigenvalue weighted by Crippen LogP contribution is -2.30. The maximum atomic E-state index is 11.7. The van der Waals surface area contributed by atoms with E-state index in [0.717, 1.165) is 25.9 Å². The van der Waals surface area contributed by atoms with Crippen molar-refractivity contribution in [2.75, 3.05) is 25.4 Å². The average Bonchev–Trinajstić information content (AvgIpc) is 2.84. The minimum atomic E-state index is -3.06. The van der Waals surface area contributed by atoms with Crippen LogP contribution in [0.15, 0.2) is 0 Å². The van der Waals surface area contributed by atoms with Crippen molar-refractivity contribution in [1.29, 1.82) is 0 Å². The van der Waals surface area contributed by atoms with Gasteiger partial charge in [0, 0.05) is 6.54 Å². The van der Waals surface area contributed by atoms with E-state index in [1.165, 1.54) is 0 Å². The molecule has 0 bridgehead atoms. The van der Waals surface area contributed by atoms with E-state index in [-0.39, 0.29) is 5.75 Å². The Kier molecular flexibility index (Phi) is 5.41. The lowest BCUT2D eigenvalue weighted by atomic mass is 10.1. The van der Waals surface area contributed by atoms with Crippen molar-refractivity contribution >= 4 is 10.0 Å². The molecule has 0 radical (unpaired) electrons. The van der Waals surface area contributed by atoms with Crippen LogP contribution in [0.25, 0.3) is 0 Å². The molecule has 0 saturated heterocycles. The van der Waals surface area contributed by atoms with Crippen molar-refractivity contribution in [2.24, 2.45) is 11.3 Å². The molecule has 0 heterocycles. The van der Waals surface area contributed by atoms with Crippen LogP contribution in [0, 0.1) is 11.3 Å². The Morgan fingerprint density at radius 1 is 1.29 bits per heavy atom. The van der Waals surface area contributed by atoms with Crippen molar-refractivity contribution in [3.63, 3.8) is 0 Å². The number of hydrogen-bond acceptors (Lipinski definition) is 3. The average molecular weight is 262 g/mol. The van der Waals surface area contributed by atoms with Gasteiger partial charge < -0.3 is 5.32 Å². The maximum Gasteiger partial charge on any atom is 0.211 e. The zero-order valence-corrected chi connectivity index (χ0v) is 12.1. The van der Waals surface area contributed by atoms with Gasteiger partial charge in [-0.3, -0.25) is 0 Å². The first-order valence-electron chi connectivity index (χ1n) is 6.55. The van der Waals surface area contributed by atoms with Crippen LogP contribution < -0.4 is 10.0 Å². The van der Waals surface area contributed by atoms with E-state index in [0.29, 0.717) is 24.3 Å². The standard InChI is InChI=1S/C12H26N2O2S/c1-4-6-13-7-5-8-17(15,16)14-10-11-9-12(11,2)3/h11,13-14H,4-10H2,1-3H3. The SMILES string of the molecule is CCCNCCCS(=O)(=O)NCC1CC1(C)C. The van der Waals surface area contributed by atoms with Gasteiger partial charge >= 0.3 is 0 Å². The van der Waals surface area contributed by atoms with Gasteiger partial charge in [0.2, 0.25) is 10.0 Å². The summed E-state index contributed by atoms with van der Waals surface area (Å²) in [6.07, 6.45) is 2.90. The number of rotatable bonds is 9. The summed E-state index contributed by atoms with van der Waals surface area (Å²) in [5, 5.41) is 3.21. The molecule has 0 aromatic rings. The van der Waals surface area contributed by atoms with Gasteiger partial charge in [-0.05, 0) is 43.7 Å². The lowest BCUT2D eigenvalue weighted by Gasteiger charge is -2.08. The predicted octanol–water partition coefficient (Wildman–Crippen LogP) is 1.34. The first-order chi connectivity index (χ1) is 7.87. The highest BCUT2D eigenvalue weighted by Crippen LogP contribution is 2.51. The van der Waals surface area contributed by atoms with Crippen molar-refractivity contribution < 1.29 is 8.42 Å². The van der Waals surface area contributed by atoms with Crippen LogP contribution in [0.3, 0.4) is 0 Å². The van der Waals surface area contributed by atoms with Gasteiger partial charge in [-0.1, -0.05) is 20.8 Å². The molecule has 1 fully saturated rings. The minimum Gasteiger partial charge on any atom is -0.317 e. The van der Waals surface area contributed by atoms with Crippen molar-refractivity contribution in [2.45, 2.75) is 40.0 Å². The highest BCUT2D eigenvalue weighted by Gasteiger charge is 2.45. The molecule has 0 spiro atoms. The van der Waals surface area contributed by atoms with Gasteiger partial charge in [0.05, 0.1) is 5.75 Å². The van der Waals surface area contributed by atoms with Gasteiger partial charge in [-0.25, -0.2) is 13.1 Å². The molecule has 4 nitrogen and oxygen atoms in total. The second-order valence-electron chi connectivity index (χ2n) is 5.66. The van der Waals surface area contributed by atoms with Gasteiger partial charge in [-0.15, -0.1) is 0 Å². The fourth-order valence-electron chi connectivity index (χ4n) is 1.91. The summed E-state index contributed by atoms with van der Waals surface area (Å²) in [5.74, 6) is 0.757. The summed E-state index contributed by atoms with van der Waals surface area (Å²) >= 11 is 0. The largest absolute Gasteiger partial charge is 0.317 e. The Morgan fingerprint density at radius 2 is 1.94 bits per heavy atom. The molecule has 102 valence electrons. The van der Waals surface area contributed by atoms with Crippen LogP contribution in [0.4, 0.5) is 0 Å². The molecule has 1 saturated carbocycles. The smallest absolute Gasteiger partial charge is 0.211 e. The van der Waals surface area contributed by atoms with E-state index in [2.05, 4.69) is 30.8 Å². The van der Waals surface area contributed by atoms with Gasteiger partial charge in [-0.2, -0.15) is 0 Å². The van der Waals surface area contributed by atoms with E-state index in [4.69, 9.17) is 0 Å². The molecule has 1 aliphatic rings. The Labute approximate surface area is 106 Å². The fourth-order valence-corrected chi connectivity index (χ4v) is 3.04. The molecule has 2 N–H and O–H groups in total. The molecule has 1 unspecified atom stereocenters. The number of nitrogens with one attached hydrogen (secondary N) is 2. The molecule has 1 atom stereocenters. The summed E-state index contributed by atoms with van der Waals surface area (Å²) in [7, 11) is -3.06. The van der Waals surface area contributed by atoms with Gasteiger partial charge in [0.25, 0.3) is 0 Å². The topological polar surface area (TPSA) is 58.2 Å². The molecular formula is C12H26N2O2S. The first kappa shape index (κ1) is 14.9. The molecule has 0 aliphatic heterocycles. The second-order valence-corrected chi connectivity index (χ2v) is 7.59. The summed E-state index contributed by atoms with van der Waals surface area (Å²) in [4.78, 5) is 0. The normalized spacial score (nSPS) is 22.6. The van der Waals surface area contributed by atoms with E-state index < -0.39 is 10.0 Å². The predicted molar refractivity (Wildman–Crippen MR) is 71.5 cm³/mol. The third-order valence-corrected chi connectivity index (χ3v) is 4.89. The third-order valence-electron chi connectivity index (χ3n) is 3.46. The van der Waals surface area contributed by atoms with Crippen LogP contribution in [0.1, 0.15) is 40.0 Å². The van der Waals surface area contributed by atoms with E-state index in [9.17, 15) is 8.42 Å². The molecule has 1 rings (SSSR count). The quantitative estimate of drug-likeness (QED) is 0.617. The highest BCUT2D eigenvalue weighted by molar-refractivity contribution is 7.89.